The molecule has 7 heteroatoms. The molecule has 0 saturated carbocycles. The normalized spacial score (nSPS) is 12.5. The van der Waals surface area contributed by atoms with Gasteiger partial charge in [-0.25, -0.2) is 0 Å². The van der Waals surface area contributed by atoms with Crippen molar-refractivity contribution in [2.45, 2.75) is 188 Å². The second-order valence-electron chi connectivity index (χ2n) is 13.5. The van der Waals surface area contributed by atoms with Crippen molar-refractivity contribution in [3.8, 4) is 0 Å². The number of ether oxygens (including phenoxy) is 2. The van der Waals surface area contributed by atoms with Crippen LogP contribution < -0.4 is 5.73 Å². The minimum absolute atomic E-state index is 0.0338. The largest absolute Gasteiger partial charge is 0.464 e. The number of esters is 2. The Morgan fingerprint density at radius 3 is 1.13 bits per heavy atom. The summed E-state index contributed by atoms with van der Waals surface area (Å²) in [6.45, 7) is 10.4. The first-order valence-corrected chi connectivity index (χ1v) is 19.8. The topological polar surface area (TPSA) is 101 Å². The third-order valence-corrected chi connectivity index (χ3v) is 9.25. The molecule has 7 nitrogen and oxygen atoms in total. The molecular weight excluding hydrogens is 576 g/mol. The highest BCUT2D eigenvalue weighted by Gasteiger charge is 2.22. The van der Waals surface area contributed by atoms with Crippen LogP contribution in [0.15, 0.2) is 0 Å². The summed E-state index contributed by atoms with van der Waals surface area (Å²) >= 11 is 0. The highest BCUT2D eigenvalue weighted by Crippen LogP contribution is 2.22. The zero-order valence-corrected chi connectivity index (χ0v) is 31.1. The molecule has 0 aromatic carbocycles. The maximum atomic E-state index is 13.1. The average Bonchev–Trinajstić information content (AvgIpc) is 3.05. The van der Waals surface area contributed by atoms with Gasteiger partial charge >= 0.3 is 11.9 Å². The highest BCUT2D eigenvalue weighted by atomic mass is 16.5. The molecule has 272 valence electrons. The number of carbonyl (C=O) groups excluding carboxylic acids is 3. The Morgan fingerprint density at radius 2 is 0.804 bits per heavy atom. The molecule has 0 bridgehead atoms. The van der Waals surface area contributed by atoms with Crippen molar-refractivity contribution in [1.82, 2.24) is 4.90 Å². The van der Waals surface area contributed by atoms with Gasteiger partial charge in [0.1, 0.15) is 13.2 Å². The summed E-state index contributed by atoms with van der Waals surface area (Å²) in [5.41, 5.74) is 3.84. The molecule has 0 aliphatic heterocycles. The Bertz CT molecular complexity index is 666. The monoisotopic (exact) mass is 654 g/mol. The Balaban J connectivity index is 4.93. The molecule has 46 heavy (non-hydrogen) atoms. The van der Waals surface area contributed by atoms with Crippen molar-refractivity contribution in [3.05, 3.63) is 0 Å². The molecule has 1 amide bonds. The molecule has 0 aliphatic rings. The molecule has 0 saturated heterocycles. The second kappa shape index (κ2) is 33.3. The summed E-state index contributed by atoms with van der Waals surface area (Å²) < 4.78 is 11.5. The minimum Gasteiger partial charge on any atom is -0.464 e. The first-order chi connectivity index (χ1) is 22.4. The van der Waals surface area contributed by atoms with Gasteiger partial charge in [0.05, 0.1) is 37.9 Å². The van der Waals surface area contributed by atoms with Crippen LogP contribution in [-0.4, -0.2) is 55.6 Å². The van der Waals surface area contributed by atoms with Gasteiger partial charge in [-0.2, -0.15) is 0 Å². The van der Waals surface area contributed by atoms with E-state index in [2.05, 4.69) is 33.4 Å². The number of nitrogens with zero attached hydrogens (tertiary/aromatic N) is 1. The molecule has 2 atom stereocenters. The van der Waals surface area contributed by atoms with Crippen LogP contribution in [0.3, 0.4) is 0 Å². The van der Waals surface area contributed by atoms with E-state index in [9.17, 15) is 14.4 Å². The lowest BCUT2D eigenvalue weighted by Gasteiger charge is -2.24. The van der Waals surface area contributed by atoms with Crippen molar-refractivity contribution < 1.29 is 29.6 Å². The van der Waals surface area contributed by atoms with E-state index >= 15 is 0 Å². The minimum atomic E-state index is -0.123. The summed E-state index contributed by atoms with van der Waals surface area (Å²) in [4.78, 5) is 40.8. The van der Waals surface area contributed by atoms with E-state index in [1.54, 1.807) is 4.90 Å². The zero-order valence-electron chi connectivity index (χ0n) is 31.1. The lowest BCUT2D eigenvalue weighted by Crippen LogP contribution is -2.52. The fourth-order valence-electron chi connectivity index (χ4n) is 6.16. The van der Waals surface area contributed by atoms with Crippen LogP contribution in [0.2, 0.25) is 0 Å². The fraction of sp³-hybridized carbons (Fsp3) is 0.923. The Morgan fingerprint density at radius 1 is 0.500 bits per heavy atom. The number of quaternary nitrogens is 1. The number of amides is 1. The summed E-state index contributed by atoms with van der Waals surface area (Å²) in [5, 5.41) is 0. The fourth-order valence-corrected chi connectivity index (χ4v) is 6.16. The predicted molar refractivity (Wildman–Crippen MR) is 191 cm³/mol. The van der Waals surface area contributed by atoms with Crippen LogP contribution in [0, 0.1) is 11.8 Å². The van der Waals surface area contributed by atoms with Gasteiger partial charge in [0.2, 0.25) is 5.91 Å². The van der Waals surface area contributed by atoms with Gasteiger partial charge in [0.25, 0.3) is 0 Å². The smallest absolute Gasteiger partial charge is 0.308 e. The number of carbonyl (C=O) groups is 3. The predicted octanol–water partition coefficient (Wildman–Crippen LogP) is 9.21. The number of rotatable bonds is 34. The average molecular weight is 654 g/mol. The van der Waals surface area contributed by atoms with Crippen molar-refractivity contribution in [3.63, 3.8) is 0 Å². The van der Waals surface area contributed by atoms with E-state index in [4.69, 9.17) is 9.47 Å². The second-order valence-corrected chi connectivity index (χ2v) is 13.5. The van der Waals surface area contributed by atoms with Crippen LogP contribution in [0.5, 0.6) is 0 Å². The Kier molecular flexibility index (Phi) is 32.1. The molecule has 3 N–H and O–H groups in total. The lowest BCUT2D eigenvalue weighted by molar-refractivity contribution is -0.366. The van der Waals surface area contributed by atoms with Gasteiger partial charge in [-0.1, -0.05) is 156 Å². The Labute approximate surface area is 284 Å². The summed E-state index contributed by atoms with van der Waals surface area (Å²) in [6, 6.07) is 0. The first kappa shape index (κ1) is 44.4. The van der Waals surface area contributed by atoms with Crippen LogP contribution in [0.25, 0.3) is 0 Å². The van der Waals surface area contributed by atoms with E-state index in [1.165, 1.54) is 89.9 Å². The quantitative estimate of drug-likeness (QED) is 0.0551. The number of hydrogen-bond acceptors (Lipinski definition) is 5. The van der Waals surface area contributed by atoms with Gasteiger partial charge in [0, 0.05) is 0 Å². The first-order valence-electron chi connectivity index (χ1n) is 19.8. The Hall–Kier alpha value is -1.63. The van der Waals surface area contributed by atoms with Crippen LogP contribution in [0.4, 0.5) is 0 Å². The van der Waals surface area contributed by atoms with Gasteiger partial charge in [-0.3, -0.25) is 14.4 Å². The van der Waals surface area contributed by atoms with E-state index in [1.807, 2.05) is 0 Å². The molecule has 0 rings (SSSR count). The standard InChI is InChI=1S/C39H76N2O5/c1-5-9-13-17-19-23-27-35(25-21-15-11-7-3)38(43)45-33-31-41(37(42)29-30-40)32-34-46-39(44)36(26-22-16-12-8-4)28-24-20-18-14-10-6-2/h35-36H,5-34,40H2,1-4H3/p+1. The van der Waals surface area contributed by atoms with Crippen molar-refractivity contribution in [2.75, 3.05) is 32.8 Å². The summed E-state index contributed by atoms with van der Waals surface area (Å²) in [7, 11) is 0. The van der Waals surface area contributed by atoms with Crippen LogP contribution >= 0.6 is 0 Å². The molecule has 0 fully saturated rings. The van der Waals surface area contributed by atoms with Crippen molar-refractivity contribution in [1.29, 1.82) is 0 Å². The maximum absolute atomic E-state index is 13.1. The summed E-state index contributed by atoms with van der Waals surface area (Å²) in [6.07, 6.45) is 27.6. The van der Waals surface area contributed by atoms with Gasteiger partial charge in [0.15, 0.2) is 0 Å². The molecule has 0 aromatic heterocycles. The van der Waals surface area contributed by atoms with E-state index in [-0.39, 0.29) is 42.9 Å². The molecule has 2 unspecified atom stereocenters. The summed E-state index contributed by atoms with van der Waals surface area (Å²) in [5.74, 6) is -0.403. The molecule has 0 spiro atoms. The lowest BCUT2D eigenvalue weighted by atomic mass is 9.94. The third kappa shape index (κ3) is 25.5. The maximum Gasteiger partial charge on any atom is 0.308 e. The third-order valence-electron chi connectivity index (χ3n) is 9.25. The molecule has 0 heterocycles. The number of unbranched alkanes of at least 4 members (excludes halogenated alkanes) is 16. The molecular formula is C39H77N2O5+. The molecule has 0 aromatic rings. The van der Waals surface area contributed by atoms with Crippen molar-refractivity contribution >= 4 is 17.8 Å². The van der Waals surface area contributed by atoms with Gasteiger partial charge < -0.3 is 20.1 Å². The van der Waals surface area contributed by atoms with E-state index in [0.717, 1.165) is 64.2 Å². The zero-order chi connectivity index (χ0) is 34.1. The highest BCUT2D eigenvalue weighted by molar-refractivity contribution is 5.76. The SMILES string of the molecule is CCCCCCCCC(CCCCCC)C(=O)OCCN(CCOC(=O)C(CCCCCC)CCCCCCCC)C(=O)CC[NH3+]. The number of hydrogen-bond donors (Lipinski definition) is 1. The molecule has 0 radical (unpaired) electrons. The van der Waals surface area contributed by atoms with Crippen LogP contribution in [0.1, 0.15) is 188 Å². The van der Waals surface area contributed by atoms with Gasteiger partial charge in [-0.15, -0.1) is 0 Å². The van der Waals surface area contributed by atoms with Crippen LogP contribution in [-0.2, 0) is 23.9 Å². The van der Waals surface area contributed by atoms with Gasteiger partial charge in [-0.05, 0) is 25.7 Å². The van der Waals surface area contributed by atoms with Crippen molar-refractivity contribution in [2.24, 2.45) is 11.8 Å². The van der Waals surface area contributed by atoms with E-state index < -0.39 is 0 Å². The van der Waals surface area contributed by atoms with E-state index in [0.29, 0.717) is 26.1 Å². The molecule has 0 aliphatic carbocycles.